The molecule has 1 saturated heterocycles. The van der Waals surface area contributed by atoms with Crippen LogP contribution in [0.2, 0.25) is 0 Å². The maximum Gasteiger partial charge on any atom is 0.516 e. The maximum absolute atomic E-state index is 11.4. The van der Waals surface area contributed by atoms with Gasteiger partial charge in [-0.15, -0.1) is 0 Å². The van der Waals surface area contributed by atoms with Crippen LogP contribution in [0.1, 0.15) is 27.2 Å². The number of carbonyl (C=O) groups excluding carboxylic acids is 2. The Bertz CT molecular complexity index is 283. The molecule has 2 N–H and O–H groups in total. The molecule has 92 valence electrons. The second-order valence-corrected chi connectivity index (χ2v) is 4.74. The Labute approximate surface area is 93.9 Å². The minimum Gasteiger partial charge on any atom is -0.428 e. The second-order valence-electron chi connectivity index (χ2n) is 4.74. The Kier molecular flexibility index (Phi) is 3.88. The van der Waals surface area contributed by atoms with Gasteiger partial charge in [0.05, 0.1) is 6.10 Å². The van der Waals surface area contributed by atoms with E-state index in [-0.39, 0.29) is 6.42 Å². The van der Waals surface area contributed by atoms with Gasteiger partial charge >= 0.3 is 12.1 Å². The van der Waals surface area contributed by atoms with E-state index >= 15 is 0 Å². The van der Waals surface area contributed by atoms with Crippen molar-refractivity contribution < 1.29 is 24.2 Å². The summed E-state index contributed by atoms with van der Waals surface area (Å²) in [5, 5.41) is 11.9. The quantitative estimate of drug-likeness (QED) is 0.495. The Morgan fingerprint density at radius 1 is 1.38 bits per heavy atom. The Morgan fingerprint density at radius 3 is 2.44 bits per heavy atom. The van der Waals surface area contributed by atoms with E-state index in [1.807, 2.05) is 0 Å². The van der Waals surface area contributed by atoms with E-state index < -0.39 is 29.9 Å². The standard InChI is InChI=1S/C10H17NO5/c1-10(2,3)16-9(14)15-8(13)7-4-6(12)5-11-7/h6-7,11-12H,4-5H2,1-3H3/t6-,7+/m1/s1. The molecular weight excluding hydrogens is 214 g/mol. The van der Waals surface area contributed by atoms with Crippen LogP contribution in [-0.4, -0.2) is 41.5 Å². The highest BCUT2D eigenvalue weighted by Crippen LogP contribution is 2.11. The Hall–Kier alpha value is -1.14. The molecule has 1 heterocycles. The van der Waals surface area contributed by atoms with E-state index in [4.69, 9.17) is 4.74 Å². The predicted molar refractivity (Wildman–Crippen MR) is 54.7 cm³/mol. The number of β-amino-alcohol motifs (C(OH)–C–C–N with tert-alkyl or cyclic N) is 1. The van der Waals surface area contributed by atoms with Crippen molar-refractivity contribution in [1.82, 2.24) is 5.32 Å². The van der Waals surface area contributed by atoms with Crippen molar-refractivity contribution in [2.24, 2.45) is 0 Å². The molecule has 0 saturated carbocycles. The number of ether oxygens (including phenoxy) is 2. The molecule has 16 heavy (non-hydrogen) atoms. The fourth-order valence-electron chi connectivity index (χ4n) is 1.32. The summed E-state index contributed by atoms with van der Waals surface area (Å²) in [6.07, 6.45) is -1.33. The molecule has 2 atom stereocenters. The highest BCUT2D eigenvalue weighted by Gasteiger charge is 2.31. The van der Waals surface area contributed by atoms with Gasteiger partial charge in [-0.05, 0) is 20.8 Å². The molecule has 1 aliphatic heterocycles. The third kappa shape index (κ3) is 4.16. The number of esters is 1. The van der Waals surface area contributed by atoms with E-state index in [0.29, 0.717) is 6.54 Å². The maximum atomic E-state index is 11.4. The molecule has 0 bridgehead atoms. The van der Waals surface area contributed by atoms with Gasteiger partial charge in [0, 0.05) is 13.0 Å². The van der Waals surface area contributed by atoms with E-state index in [9.17, 15) is 14.7 Å². The van der Waals surface area contributed by atoms with Crippen LogP contribution in [0.3, 0.4) is 0 Å². The first kappa shape index (κ1) is 12.9. The lowest BCUT2D eigenvalue weighted by atomic mass is 10.2. The molecule has 0 radical (unpaired) electrons. The number of hydrogen-bond donors (Lipinski definition) is 2. The molecule has 0 aromatic rings. The van der Waals surface area contributed by atoms with Crippen LogP contribution in [-0.2, 0) is 14.3 Å². The zero-order valence-corrected chi connectivity index (χ0v) is 9.65. The summed E-state index contributed by atoms with van der Waals surface area (Å²) in [5.41, 5.74) is -0.694. The van der Waals surface area contributed by atoms with Crippen molar-refractivity contribution in [3.8, 4) is 0 Å². The Balaban J connectivity index is 2.37. The Morgan fingerprint density at radius 2 is 2.00 bits per heavy atom. The van der Waals surface area contributed by atoms with Crippen LogP contribution in [0.15, 0.2) is 0 Å². The number of hydrogen-bond acceptors (Lipinski definition) is 6. The highest BCUT2D eigenvalue weighted by atomic mass is 16.7. The van der Waals surface area contributed by atoms with Crippen LogP contribution < -0.4 is 5.32 Å². The predicted octanol–water partition coefficient (Wildman–Crippen LogP) is 0.187. The molecule has 0 amide bonds. The molecule has 6 nitrogen and oxygen atoms in total. The van der Waals surface area contributed by atoms with Crippen molar-refractivity contribution >= 4 is 12.1 Å². The van der Waals surface area contributed by atoms with Crippen LogP contribution in [0.5, 0.6) is 0 Å². The van der Waals surface area contributed by atoms with Crippen molar-refractivity contribution in [3.05, 3.63) is 0 Å². The van der Waals surface area contributed by atoms with Gasteiger partial charge in [0.25, 0.3) is 0 Å². The molecule has 0 aliphatic carbocycles. The van der Waals surface area contributed by atoms with Crippen molar-refractivity contribution in [1.29, 1.82) is 0 Å². The first-order valence-corrected chi connectivity index (χ1v) is 5.14. The summed E-state index contributed by atoms with van der Waals surface area (Å²) in [6.45, 7) is 5.36. The lowest BCUT2D eigenvalue weighted by Gasteiger charge is -2.18. The van der Waals surface area contributed by atoms with Crippen molar-refractivity contribution in [3.63, 3.8) is 0 Å². The normalized spacial score (nSPS) is 25.2. The number of carbonyl (C=O) groups is 2. The van der Waals surface area contributed by atoms with Gasteiger partial charge in [0.2, 0.25) is 0 Å². The average Bonchev–Trinajstić information content (AvgIpc) is 2.47. The monoisotopic (exact) mass is 231 g/mol. The summed E-state index contributed by atoms with van der Waals surface area (Å²) in [4.78, 5) is 22.5. The summed E-state index contributed by atoms with van der Waals surface area (Å²) in [7, 11) is 0. The smallest absolute Gasteiger partial charge is 0.428 e. The molecule has 1 aliphatic rings. The van der Waals surface area contributed by atoms with Gasteiger partial charge in [-0.1, -0.05) is 0 Å². The van der Waals surface area contributed by atoms with Crippen molar-refractivity contribution in [2.45, 2.75) is 44.9 Å². The van der Waals surface area contributed by atoms with Gasteiger partial charge in [-0.2, -0.15) is 0 Å². The summed E-state index contributed by atoms with van der Waals surface area (Å²) < 4.78 is 9.31. The molecule has 0 aromatic heterocycles. The molecular formula is C10H17NO5. The SMILES string of the molecule is CC(C)(C)OC(=O)OC(=O)[C@@H]1C[C@@H](O)CN1. The topological polar surface area (TPSA) is 84.9 Å². The molecule has 1 rings (SSSR count). The van der Waals surface area contributed by atoms with Gasteiger partial charge in [0.1, 0.15) is 11.6 Å². The van der Waals surface area contributed by atoms with Crippen LogP contribution in [0, 0.1) is 0 Å². The number of aliphatic hydroxyl groups excluding tert-OH is 1. The fourth-order valence-corrected chi connectivity index (χ4v) is 1.32. The third-order valence-electron chi connectivity index (χ3n) is 1.97. The lowest BCUT2D eigenvalue weighted by Crippen LogP contribution is -2.35. The fraction of sp³-hybridized carbons (Fsp3) is 0.800. The van der Waals surface area contributed by atoms with Crippen LogP contribution >= 0.6 is 0 Å². The second kappa shape index (κ2) is 4.80. The molecule has 6 heteroatoms. The number of rotatable bonds is 1. The molecule has 1 fully saturated rings. The lowest BCUT2D eigenvalue weighted by molar-refractivity contribution is -0.143. The summed E-state index contributed by atoms with van der Waals surface area (Å²) in [5.74, 6) is -0.717. The van der Waals surface area contributed by atoms with E-state index in [0.717, 1.165) is 0 Å². The molecule has 0 aromatic carbocycles. The van der Waals surface area contributed by atoms with E-state index in [1.165, 1.54) is 0 Å². The first-order chi connectivity index (χ1) is 7.28. The van der Waals surface area contributed by atoms with E-state index in [2.05, 4.69) is 10.1 Å². The van der Waals surface area contributed by atoms with E-state index in [1.54, 1.807) is 20.8 Å². The average molecular weight is 231 g/mol. The number of aliphatic hydroxyl groups is 1. The molecule has 0 unspecified atom stereocenters. The number of nitrogens with one attached hydrogen (secondary N) is 1. The van der Waals surface area contributed by atoms with Gasteiger partial charge < -0.3 is 19.9 Å². The zero-order valence-electron chi connectivity index (χ0n) is 9.65. The minimum absolute atomic E-state index is 0.252. The minimum atomic E-state index is -1.01. The summed E-state index contributed by atoms with van der Waals surface area (Å²) >= 11 is 0. The molecule has 0 spiro atoms. The van der Waals surface area contributed by atoms with Gasteiger partial charge in [-0.3, -0.25) is 0 Å². The summed E-state index contributed by atoms with van der Waals surface area (Å²) in [6, 6.07) is -0.637. The van der Waals surface area contributed by atoms with Crippen LogP contribution in [0.25, 0.3) is 0 Å². The third-order valence-corrected chi connectivity index (χ3v) is 1.97. The van der Waals surface area contributed by atoms with Gasteiger partial charge in [-0.25, -0.2) is 9.59 Å². The highest BCUT2D eigenvalue weighted by molar-refractivity contribution is 5.85. The van der Waals surface area contributed by atoms with Gasteiger partial charge in [0.15, 0.2) is 0 Å². The zero-order chi connectivity index (χ0) is 12.3. The largest absolute Gasteiger partial charge is 0.516 e. The van der Waals surface area contributed by atoms with Crippen LogP contribution in [0.4, 0.5) is 4.79 Å². The first-order valence-electron chi connectivity index (χ1n) is 5.14. The van der Waals surface area contributed by atoms with Crippen molar-refractivity contribution in [2.75, 3.05) is 6.54 Å².